The van der Waals surface area contributed by atoms with Crippen molar-refractivity contribution in [3.63, 3.8) is 0 Å². The molecule has 2 aromatic rings. The lowest BCUT2D eigenvalue weighted by molar-refractivity contribution is -0.141. The highest BCUT2D eigenvalue weighted by Gasteiger charge is 2.35. The number of anilines is 1. The van der Waals surface area contributed by atoms with E-state index in [-0.39, 0.29) is 10.6 Å². The molecule has 1 atom stereocenters. The lowest BCUT2D eigenvalue weighted by Gasteiger charge is -2.16. The van der Waals surface area contributed by atoms with Crippen LogP contribution in [-0.4, -0.2) is 35.1 Å². The minimum Gasteiger partial charge on any atom is -0.381 e. The van der Waals surface area contributed by atoms with E-state index < -0.39 is 48.7 Å². The Balaban J connectivity index is 2.53. The summed E-state index contributed by atoms with van der Waals surface area (Å²) in [7, 11) is -4.50. The number of carbonyl (C=O) groups excluding carboxylic acids is 1. The molecule has 0 fully saturated rings. The Labute approximate surface area is 161 Å². The van der Waals surface area contributed by atoms with Gasteiger partial charge in [-0.15, -0.1) is 11.3 Å². The molecule has 0 spiro atoms. The molecule has 0 radical (unpaired) electrons. The van der Waals surface area contributed by atoms with Gasteiger partial charge >= 0.3 is 6.18 Å². The normalized spacial score (nSPS) is 14.0. The van der Waals surface area contributed by atoms with Gasteiger partial charge in [0.15, 0.2) is 5.03 Å². The lowest BCUT2D eigenvalue weighted by Crippen LogP contribution is -2.36. The maximum atomic E-state index is 12.8. The van der Waals surface area contributed by atoms with Gasteiger partial charge in [0.05, 0.1) is 0 Å². The van der Waals surface area contributed by atoms with Gasteiger partial charge in [-0.3, -0.25) is 4.79 Å². The molecule has 2 rings (SSSR count). The third kappa shape index (κ3) is 4.67. The van der Waals surface area contributed by atoms with Crippen LogP contribution in [0.4, 0.5) is 18.2 Å². The molecule has 0 aliphatic carbocycles. The van der Waals surface area contributed by atoms with Crippen LogP contribution in [0.25, 0.3) is 0 Å². The van der Waals surface area contributed by atoms with Crippen LogP contribution in [0.2, 0.25) is 0 Å². The van der Waals surface area contributed by atoms with Gasteiger partial charge in [0.2, 0.25) is 9.84 Å². The van der Waals surface area contributed by atoms with Crippen LogP contribution in [0.5, 0.6) is 0 Å². The molecule has 0 aliphatic heterocycles. The first kappa shape index (κ1) is 22.2. The molecule has 2 heterocycles. The average Bonchev–Trinajstić information content (AvgIpc) is 2.98. The molecule has 2 aromatic heterocycles. The van der Waals surface area contributed by atoms with E-state index in [2.05, 4.69) is 10.3 Å². The fourth-order valence-electron chi connectivity index (χ4n) is 1.91. The number of amides is 1. The molecule has 13 heteroatoms. The molecule has 1 unspecified atom stereocenters. The first-order chi connectivity index (χ1) is 12.6. The first-order valence-electron chi connectivity index (χ1n) is 7.54. The van der Waals surface area contributed by atoms with Crippen LogP contribution < -0.4 is 11.1 Å². The van der Waals surface area contributed by atoms with Gasteiger partial charge in [-0.25, -0.2) is 13.4 Å². The minimum absolute atomic E-state index is 0.173. The van der Waals surface area contributed by atoms with E-state index in [1.54, 1.807) is 0 Å². The smallest absolute Gasteiger partial charge is 0.381 e. The minimum atomic E-state index is -4.84. The van der Waals surface area contributed by atoms with Crippen molar-refractivity contribution in [2.75, 3.05) is 5.32 Å². The number of carbonyl (C=O) groups is 1. The Morgan fingerprint density at radius 1 is 1.32 bits per heavy atom. The van der Waals surface area contributed by atoms with Gasteiger partial charge < -0.3 is 21.3 Å². The number of pyridine rings is 1. The number of nitrogens with two attached hydrogens (primary N) is 1. The molecule has 0 bridgehead atoms. The van der Waals surface area contributed by atoms with Crippen molar-refractivity contribution in [3.8, 4) is 0 Å². The van der Waals surface area contributed by atoms with E-state index in [1.807, 2.05) is 0 Å². The van der Waals surface area contributed by atoms with Gasteiger partial charge in [-0.05, 0) is 32.0 Å². The summed E-state index contributed by atoms with van der Waals surface area (Å²) in [6.45, 7) is 2.36. The predicted octanol–water partition coefficient (Wildman–Crippen LogP) is 1.65. The molecule has 28 heavy (non-hydrogen) atoms. The van der Waals surface area contributed by atoms with Crippen LogP contribution in [0, 0.1) is 0 Å². The second-order valence-corrected chi connectivity index (χ2v) is 9.35. The van der Waals surface area contributed by atoms with Crippen molar-refractivity contribution in [3.05, 3.63) is 35.5 Å². The average molecular weight is 439 g/mol. The van der Waals surface area contributed by atoms with Gasteiger partial charge in [0.1, 0.15) is 26.7 Å². The number of nitrogens with zero attached hydrogens (tertiary/aromatic N) is 1. The van der Waals surface area contributed by atoms with E-state index in [9.17, 15) is 36.6 Å². The summed E-state index contributed by atoms with van der Waals surface area (Å²) >= 11 is 0.455. The summed E-state index contributed by atoms with van der Waals surface area (Å²) in [5.41, 5.74) is 1.97. The summed E-state index contributed by atoms with van der Waals surface area (Å²) in [6.07, 6.45) is -6.53. The maximum Gasteiger partial charge on any atom is 0.433 e. The van der Waals surface area contributed by atoms with Gasteiger partial charge in [-0.1, -0.05) is 6.07 Å². The quantitative estimate of drug-likeness (QED) is 0.519. The Kier molecular flexibility index (Phi) is 5.88. The highest BCUT2D eigenvalue weighted by Crippen LogP contribution is 2.37. The lowest BCUT2D eigenvalue weighted by atomic mass is 10.1. The van der Waals surface area contributed by atoms with Crippen molar-refractivity contribution in [1.29, 1.82) is 0 Å². The van der Waals surface area contributed by atoms with E-state index >= 15 is 0 Å². The molecule has 0 aliphatic rings. The monoisotopic (exact) mass is 439 g/mol. The summed E-state index contributed by atoms with van der Waals surface area (Å²) in [6, 6.07) is 3.33. The third-order valence-corrected chi connectivity index (χ3v) is 6.59. The van der Waals surface area contributed by atoms with Crippen molar-refractivity contribution in [2.24, 2.45) is 5.73 Å². The number of aromatic nitrogens is 1. The van der Waals surface area contributed by atoms with E-state index in [0.717, 1.165) is 18.2 Å². The topological polar surface area (TPSA) is 143 Å². The molecular weight excluding hydrogens is 423 g/mol. The fraction of sp³-hybridized carbons (Fsp3) is 0.333. The molecular formula is C15H16F3N3O5S2. The number of hydrogen-bond acceptors (Lipinski definition) is 8. The van der Waals surface area contributed by atoms with Gasteiger partial charge in [-0.2, -0.15) is 13.2 Å². The van der Waals surface area contributed by atoms with Crippen LogP contribution >= 0.6 is 11.3 Å². The predicted molar refractivity (Wildman–Crippen MR) is 93.1 cm³/mol. The summed E-state index contributed by atoms with van der Waals surface area (Å²) < 4.78 is 63.3. The maximum absolute atomic E-state index is 12.8. The summed E-state index contributed by atoms with van der Waals surface area (Å²) in [5, 5.41) is 20.5. The number of aliphatic hydroxyl groups is 2. The van der Waals surface area contributed by atoms with Crippen LogP contribution in [0.15, 0.2) is 33.5 Å². The number of halogens is 3. The summed E-state index contributed by atoms with van der Waals surface area (Å²) in [5.74, 6) is -0.905. The number of rotatable bonds is 5. The Hall–Kier alpha value is -2.06. The van der Waals surface area contributed by atoms with E-state index in [4.69, 9.17) is 5.73 Å². The zero-order valence-corrected chi connectivity index (χ0v) is 16.1. The molecule has 0 aromatic carbocycles. The third-order valence-electron chi connectivity index (χ3n) is 3.39. The van der Waals surface area contributed by atoms with Crippen molar-refractivity contribution in [2.45, 2.75) is 41.1 Å². The van der Waals surface area contributed by atoms with Crippen molar-refractivity contribution >= 4 is 32.1 Å². The highest BCUT2D eigenvalue weighted by atomic mass is 32.2. The Bertz CT molecular complexity index is 995. The van der Waals surface area contributed by atoms with Crippen molar-refractivity contribution in [1.82, 2.24) is 4.98 Å². The number of hydrogen-bond donors (Lipinski definition) is 4. The number of alkyl halides is 3. The summed E-state index contributed by atoms with van der Waals surface area (Å²) in [4.78, 5) is 15.1. The highest BCUT2D eigenvalue weighted by molar-refractivity contribution is 7.93. The second-order valence-electron chi connectivity index (χ2n) is 6.17. The van der Waals surface area contributed by atoms with Gasteiger partial charge in [0.25, 0.3) is 5.91 Å². The second kappa shape index (κ2) is 7.40. The van der Waals surface area contributed by atoms with Crippen LogP contribution in [0.1, 0.15) is 31.3 Å². The zero-order chi connectivity index (χ0) is 21.5. The Morgan fingerprint density at radius 3 is 2.43 bits per heavy atom. The molecule has 8 nitrogen and oxygen atoms in total. The fourth-order valence-corrected chi connectivity index (χ4v) is 4.65. The molecule has 0 saturated carbocycles. The Morgan fingerprint density at radius 2 is 1.93 bits per heavy atom. The first-order valence-corrected chi connectivity index (χ1v) is 9.84. The van der Waals surface area contributed by atoms with E-state index in [0.29, 0.717) is 17.4 Å². The van der Waals surface area contributed by atoms with Crippen LogP contribution in [-0.2, 0) is 20.8 Å². The molecule has 0 saturated heterocycles. The van der Waals surface area contributed by atoms with Crippen molar-refractivity contribution < 1.29 is 36.6 Å². The molecule has 154 valence electrons. The van der Waals surface area contributed by atoms with Gasteiger partial charge in [0, 0.05) is 5.56 Å². The largest absolute Gasteiger partial charge is 0.433 e. The number of aliphatic hydroxyl groups excluding tert-OH is 1. The van der Waals surface area contributed by atoms with E-state index in [1.165, 1.54) is 13.8 Å². The number of nitrogens with one attached hydrogen (secondary N) is 1. The van der Waals surface area contributed by atoms with Crippen LogP contribution in [0.3, 0.4) is 0 Å². The molecule has 5 N–H and O–H groups in total. The molecule has 1 amide bonds. The zero-order valence-electron chi connectivity index (χ0n) is 14.5. The SMILES string of the molecule is CC(C)(O)C(=O)Nc1sc(S(=O)(=O)c2cccc(C(F)(F)F)n2)cc1C(N)O. The number of sulfone groups is 1. The number of thiophene rings is 1. The standard InChI is InChI=1S/C15H16F3N3O5S2/c1-14(2,24)13(23)21-12-7(11(19)22)6-10(27-12)28(25,26)9-5-3-4-8(20-9)15(16,17)18/h3-6,11,22,24H,19H2,1-2H3,(H,21,23).